The highest BCUT2D eigenvalue weighted by Crippen LogP contribution is 2.48. The summed E-state index contributed by atoms with van der Waals surface area (Å²) >= 11 is 0. The first kappa shape index (κ1) is 15.0. The molecular formula is C15H23NO4. The number of amides is 1. The van der Waals surface area contributed by atoms with Crippen LogP contribution in [0.5, 0.6) is 0 Å². The molecule has 4 atom stereocenters. The second-order valence-electron chi connectivity index (χ2n) is 6.02. The summed E-state index contributed by atoms with van der Waals surface area (Å²) in [6.07, 6.45) is 4.89. The van der Waals surface area contributed by atoms with Crippen LogP contribution in [0.25, 0.3) is 0 Å². The van der Waals surface area contributed by atoms with E-state index in [9.17, 15) is 14.7 Å². The number of ether oxygens (including phenoxy) is 1. The predicted molar refractivity (Wildman–Crippen MR) is 74.1 cm³/mol. The van der Waals surface area contributed by atoms with Crippen LogP contribution in [-0.4, -0.2) is 48.2 Å². The van der Waals surface area contributed by atoms with Crippen LogP contribution < -0.4 is 0 Å². The van der Waals surface area contributed by atoms with Gasteiger partial charge in [-0.1, -0.05) is 12.2 Å². The Morgan fingerprint density at radius 2 is 1.90 bits per heavy atom. The number of aliphatic carboxylic acids is 1. The maximum absolute atomic E-state index is 12.5. The summed E-state index contributed by atoms with van der Waals surface area (Å²) in [4.78, 5) is 25.5. The molecule has 1 N–H and O–H groups in total. The Hall–Kier alpha value is -1.36. The molecule has 112 valence electrons. The minimum absolute atomic E-state index is 0.0202. The lowest BCUT2D eigenvalue weighted by molar-refractivity contribution is -0.150. The number of fused-ring (bicyclic) bond motifs is 2. The number of hydrogen-bond donors (Lipinski definition) is 1. The summed E-state index contributed by atoms with van der Waals surface area (Å²) in [6.45, 7) is 4.88. The maximum atomic E-state index is 12.5. The molecule has 0 saturated heterocycles. The minimum atomic E-state index is -0.855. The van der Waals surface area contributed by atoms with Gasteiger partial charge in [-0.25, -0.2) is 0 Å². The van der Waals surface area contributed by atoms with Crippen LogP contribution in [0.15, 0.2) is 12.2 Å². The highest BCUT2D eigenvalue weighted by atomic mass is 16.5. The topological polar surface area (TPSA) is 66.8 Å². The lowest BCUT2D eigenvalue weighted by Crippen LogP contribution is -2.42. The van der Waals surface area contributed by atoms with E-state index in [2.05, 4.69) is 0 Å². The number of nitrogens with zero attached hydrogens (tertiary/aromatic N) is 1. The molecule has 5 heteroatoms. The van der Waals surface area contributed by atoms with Crippen molar-refractivity contribution in [3.63, 3.8) is 0 Å². The average molecular weight is 281 g/mol. The number of carbonyl (C=O) groups excluding carboxylic acids is 1. The third kappa shape index (κ3) is 2.87. The van der Waals surface area contributed by atoms with Gasteiger partial charge in [-0.15, -0.1) is 0 Å². The smallest absolute Gasteiger partial charge is 0.307 e. The lowest BCUT2D eigenvalue weighted by atomic mass is 9.82. The first-order chi connectivity index (χ1) is 9.41. The number of allylic oxidation sites excluding steroid dienone is 2. The molecule has 2 bridgehead atoms. The van der Waals surface area contributed by atoms with Crippen molar-refractivity contribution in [1.29, 1.82) is 0 Å². The zero-order valence-corrected chi connectivity index (χ0v) is 12.3. The molecule has 2 aliphatic carbocycles. The highest BCUT2D eigenvalue weighted by molar-refractivity contribution is 5.86. The number of likely N-dealkylation sites (N-methyl/N-ethyl adjacent to an activating group) is 1. The number of carbonyl (C=O) groups is 2. The van der Waals surface area contributed by atoms with Gasteiger partial charge in [0, 0.05) is 13.6 Å². The largest absolute Gasteiger partial charge is 0.481 e. The fourth-order valence-corrected chi connectivity index (χ4v) is 3.29. The minimum Gasteiger partial charge on any atom is -0.481 e. The monoisotopic (exact) mass is 281 g/mol. The Balaban J connectivity index is 1.97. The van der Waals surface area contributed by atoms with Crippen LogP contribution in [0.4, 0.5) is 0 Å². The quantitative estimate of drug-likeness (QED) is 0.747. The third-order valence-corrected chi connectivity index (χ3v) is 4.28. The van der Waals surface area contributed by atoms with Crippen molar-refractivity contribution in [2.75, 3.05) is 20.2 Å². The Labute approximate surface area is 119 Å². The molecule has 0 aromatic heterocycles. The molecule has 2 rings (SSSR count). The Bertz CT molecular complexity index is 418. The molecule has 1 amide bonds. The van der Waals surface area contributed by atoms with E-state index >= 15 is 0 Å². The van der Waals surface area contributed by atoms with Gasteiger partial charge in [-0.3, -0.25) is 9.59 Å². The van der Waals surface area contributed by atoms with Crippen LogP contribution in [0.1, 0.15) is 20.3 Å². The van der Waals surface area contributed by atoms with Crippen molar-refractivity contribution >= 4 is 11.9 Å². The molecule has 20 heavy (non-hydrogen) atoms. The van der Waals surface area contributed by atoms with E-state index < -0.39 is 17.8 Å². The van der Waals surface area contributed by atoms with E-state index in [4.69, 9.17) is 4.74 Å². The average Bonchev–Trinajstić information content (AvgIpc) is 2.96. The van der Waals surface area contributed by atoms with E-state index in [-0.39, 0.29) is 23.8 Å². The second kappa shape index (κ2) is 5.95. The van der Waals surface area contributed by atoms with Crippen molar-refractivity contribution in [3.8, 4) is 0 Å². The van der Waals surface area contributed by atoms with E-state index in [0.717, 1.165) is 6.42 Å². The highest BCUT2D eigenvalue weighted by Gasteiger charge is 2.52. The summed E-state index contributed by atoms with van der Waals surface area (Å²) in [5.41, 5.74) is 0. The molecule has 1 saturated carbocycles. The Morgan fingerprint density at radius 3 is 2.45 bits per heavy atom. The van der Waals surface area contributed by atoms with Gasteiger partial charge in [0.25, 0.3) is 0 Å². The zero-order valence-electron chi connectivity index (χ0n) is 12.3. The molecule has 0 aromatic rings. The molecule has 0 heterocycles. The third-order valence-electron chi connectivity index (χ3n) is 4.28. The van der Waals surface area contributed by atoms with Gasteiger partial charge in [0.2, 0.25) is 5.91 Å². The van der Waals surface area contributed by atoms with E-state index in [1.54, 1.807) is 11.9 Å². The van der Waals surface area contributed by atoms with Gasteiger partial charge in [0.05, 0.1) is 24.5 Å². The normalized spacial score (nSPS) is 31.0. The first-order valence-electron chi connectivity index (χ1n) is 7.19. The SMILES string of the molecule is CC(C)OCCN(C)C(=O)[C@H]1C2C=CC(C2)[C@H]1C(=O)O. The van der Waals surface area contributed by atoms with Crippen molar-refractivity contribution < 1.29 is 19.4 Å². The van der Waals surface area contributed by atoms with E-state index in [1.807, 2.05) is 26.0 Å². The number of rotatable bonds is 6. The fourth-order valence-electron chi connectivity index (χ4n) is 3.29. The Kier molecular flexibility index (Phi) is 4.48. The van der Waals surface area contributed by atoms with Gasteiger partial charge in [0.1, 0.15) is 0 Å². The summed E-state index contributed by atoms with van der Waals surface area (Å²) in [5, 5.41) is 9.36. The summed E-state index contributed by atoms with van der Waals surface area (Å²) < 4.78 is 5.44. The van der Waals surface area contributed by atoms with Crippen LogP contribution in [0.3, 0.4) is 0 Å². The molecular weight excluding hydrogens is 258 g/mol. The van der Waals surface area contributed by atoms with Gasteiger partial charge in [-0.2, -0.15) is 0 Å². The van der Waals surface area contributed by atoms with Crippen LogP contribution in [0.2, 0.25) is 0 Å². The lowest BCUT2D eigenvalue weighted by Gasteiger charge is -2.28. The number of carboxylic acids is 1. The van der Waals surface area contributed by atoms with Crippen molar-refractivity contribution in [1.82, 2.24) is 4.90 Å². The van der Waals surface area contributed by atoms with Crippen LogP contribution in [-0.2, 0) is 14.3 Å². The fraction of sp³-hybridized carbons (Fsp3) is 0.733. The molecule has 2 unspecified atom stereocenters. The molecule has 1 fully saturated rings. The summed E-state index contributed by atoms with van der Waals surface area (Å²) in [7, 11) is 1.72. The number of hydrogen-bond acceptors (Lipinski definition) is 3. The van der Waals surface area contributed by atoms with Gasteiger partial charge in [0.15, 0.2) is 0 Å². The molecule has 0 aliphatic heterocycles. The Morgan fingerprint density at radius 1 is 1.30 bits per heavy atom. The molecule has 0 radical (unpaired) electrons. The first-order valence-corrected chi connectivity index (χ1v) is 7.19. The molecule has 5 nitrogen and oxygen atoms in total. The maximum Gasteiger partial charge on any atom is 0.307 e. The summed E-state index contributed by atoms with van der Waals surface area (Å²) in [6, 6.07) is 0. The van der Waals surface area contributed by atoms with Gasteiger partial charge >= 0.3 is 5.97 Å². The predicted octanol–water partition coefficient (Wildman–Crippen LogP) is 1.39. The van der Waals surface area contributed by atoms with Crippen molar-refractivity contribution in [2.45, 2.75) is 26.4 Å². The van der Waals surface area contributed by atoms with E-state index in [1.165, 1.54) is 0 Å². The van der Waals surface area contributed by atoms with Crippen molar-refractivity contribution in [2.24, 2.45) is 23.7 Å². The summed E-state index contributed by atoms with van der Waals surface area (Å²) in [5.74, 6) is -1.79. The zero-order chi connectivity index (χ0) is 14.9. The molecule has 2 aliphatic rings. The van der Waals surface area contributed by atoms with Crippen LogP contribution >= 0.6 is 0 Å². The van der Waals surface area contributed by atoms with Gasteiger partial charge in [-0.05, 0) is 32.1 Å². The second-order valence-corrected chi connectivity index (χ2v) is 6.02. The van der Waals surface area contributed by atoms with E-state index in [0.29, 0.717) is 13.2 Å². The van der Waals surface area contributed by atoms with Crippen LogP contribution in [0, 0.1) is 23.7 Å². The van der Waals surface area contributed by atoms with Crippen molar-refractivity contribution in [3.05, 3.63) is 12.2 Å². The van der Waals surface area contributed by atoms with Gasteiger partial charge < -0.3 is 14.7 Å². The molecule has 0 aromatic carbocycles. The number of carboxylic acid groups (broad SMARTS) is 1. The molecule has 0 spiro atoms. The standard InChI is InChI=1S/C15H23NO4/c1-9(2)20-7-6-16(3)14(17)12-10-4-5-11(8-10)13(12)15(18)19/h4-5,9-13H,6-8H2,1-3H3,(H,18,19)/t10?,11?,12-,13+/m0/s1.